The van der Waals surface area contributed by atoms with E-state index < -0.39 is 34.6 Å². The summed E-state index contributed by atoms with van der Waals surface area (Å²) in [5.41, 5.74) is 0.617. The molecule has 1 N–H and O–H groups in total. The summed E-state index contributed by atoms with van der Waals surface area (Å²) in [4.78, 5) is 37.5. The Balaban J connectivity index is 1.59. The van der Waals surface area contributed by atoms with Gasteiger partial charge >= 0.3 is 0 Å². The molecule has 1 aliphatic heterocycles. The number of benzene rings is 2. The smallest absolute Gasteiger partial charge is 0.247 e. The van der Waals surface area contributed by atoms with Crippen LogP contribution in [0.1, 0.15) is 6.42 Å². The van der Waals surface area contributed by atoms with Gasteiger partial charge in [0, 0.05) is 12.1 Å². The summed E-state index contributed by atoms with van der Waals surface area (Å²) in [6, 6.07) is 10.5. The van der Waals surface area contributed by atoms with Crippen molar-refractivity contribution in [1.29, 1.82) is 0 Å². The molecule has 1 saturated heterocycles. The van der Waals surface area contributed by atoms with E-state index in [1.54, 1.807) is 6.07 Å². The number of hydrogen-bond acceptors (Lipinski definition) is 4. The average molecular weight is 376 g/mol. The number of amides is 3. The third kappa shape index (κ3) is 4.08. The van der Waals surface area contributed by atoms with Crippen molar-refractivity contribution in [2.24, 2.45) is 0 Å². The van der Waals surface area contributed by atoms with E-state index in [0.29, 0.717) is 11.4 Å². The van der Waals surface area contributed by atoms with Gasteiger partial charge in [-0.05, 0) is 42.5 Å². The molecule has 0 spiro atoms. The van der Waals surface area contributed by atoms with Crippen LogP contribution < -0.4 is 10.2 Å². The Bertz CT molecular complexity index is 858. The van der Waals surface area contributed by atoms with Crippen molar-refractivity contribution >= 4 is 40.9 Å². The van der Waals surface area contributed by atoms with Crippen LogP contribution >= 0.6 is 11.8 Å². The standard InChI is InChI=1S/C18H14F2N2O3S/c19-11-4-6-14(7-5-11)22-17(24)9-15(18(22)25)26-10-16(23)21-13-3-1-2-12(20)8-13/h1-8,15H,9-10H2,(H,21,23)/t15-/m1/s1. The Morgan fingerprint density at radius 2 is 1.85 bits per heavy atom. The Morgan fingerprint density at radius 3 is 2.54 bits per heavy atom. The zero-order chi connectivity index (χ0) is 18.7. The van der Waals surface area contributed by atoms with Crippen LogP contribution in [0.4, 0.5) is 20.2 Å². The molecule has 1 heterocycles. The van der Waals surface area contributed by atoms with Gasteiger partial charge in [-0.15, -0.1) is 11.8 Å². The fourth-order valence-corrected chi connectivity index (χ4v) is 3.47. The van der Waals surface area contributed by atoms with Crippen LogP contribution in [0.15, 0.2) is 48.5 Å². The first-order valence-electron chi connectivity index (χ1n) is 7.73. The number of anilines is 2. The predicted molar refractivity (Wildman–Crippen MR) is 94.8 cm³/mol. The lowest BCUT2D eigenvalue weighted by molar-refractivity contribution is -0.121. The summed E-state index contributed by atoms with van der Waals surface area (Å²) in [7, 11) is 0. The quantitative estimate of drug-likeness (QED) is 0.815. The van der Waals surface area contributed by atoms with Crippen molar-refractivity contribution in [3.05, 3.63) is 60.2 Å². The monoisotopic (exact) mass is 376 g/mol. The van der Waals surface area contributed by atoms with E-state index in [-0.39, 0.29) is 12.2 Å². The van der Waals surface area contributed by atoms with Gasteiger partial charge in [-0.2, -0.15) is 0 Å². The lowest BCUT2D eigenvalue weighted by Gasteiger charge is -2.14. The van der Waals surface area contributed by atoms with Crippen molar-refractivity contribution in [3.8, 4) is 0 Å². The van der Waals surface area contributed by atoms with E-state index >= 15 is 0 Å². The number of hydrogen-bond donors (Lipinski definition) is 1. The summed E-state index contributed by atoms with van der Waals surface area (Å²) >= 11 is 1.04. The molecular weight excluding hydrogens is 362 g/mol. The molecule has 0 bridgehead atoms. The molecule has 0 radical (unpaired) electrons. The lowest BCUT2D eigenvalue weighted by Crippen LogP contribution is -2.31. The van der Waals surface area contributed by atoms with Crippen molar-refractivity contribution in [2.75, 3.05) is 16.0 Å². The third-order valence-electron chi connectivity index (χ3n) is 3.71. The Morgan fingerprint density at radius 1 is 1.12 bits per heavy atom. The van der Waals surface area contributed by atoms with E-state index in [9.17, 15) is 23.2 Å². The highest BCUT2D eigenvalue weighted by Gasteiger charge is 2.40. The molecule has 2 aromatic rings. The van der Waals surface area contributed by atoms with Gasteiger partial charge < -0.3 is 5.32 Å². The summed E-state index contributed by atoms with van der Waals surface area (Å²) in [5.74, 6) is -2.23. The third-order valence-corrected chi connectivity index (χ3v) is 4.91. The summed E-state index contributed by atoms with van der Waals surface area (Å²) < 4.78 is 26.1. The zero-order valence-corrected chi connectivity index (χ0v) is 14.3. The highest BCUT2D eigenvalue weighted by atomic mass is 32.2. The van der Waals surface area contributed by atoms with Crippen LogP contribution in [0.5, 0.6) is 0 Å². The topological polar surface area (TPSA) is 66.5 Å². The van der Waals surface area contributed by atoms with E-state index in [2.05, 4.69) is 5.32 Å². The van der Waals surface area contributed by atoms with Gasteiger partial charge in [0.2, 0.25) is 17.7 Å². The Kier molecular flexibility index (Phi) is 5.32. The SMILES string of the molecule is O=C(CS[C@@H]1CC(=O)N(c2ccc(F)cc2)C1=O)Nc1cccc(F)c1. The Hall–Kier alpha value is -2.74. The number of nitrogens with zero attached hydrogens (tertiary/aromatic N) is 1. The van der Waals surface area contributed by atoms with E-state index in [0.717, 1.165) is 16.7 Å². The maximum absolute atomic E-state index is 13.1. The van der Waals surface area contributed by atoms with Gasteiger partial charge in [-0.25, -0.2) is 13.7 Å². The molecule has 0 unspecified atom stereocenters. The van der Waals surface area contributed by atoms with Gasteiger partial charge in [0.05, 0.1) is 16.7 Å². The molecule has 2 aromatic carbocycles. The molecule has 0 saturated carbocycles. The molecular formula is C18H14F2N2O3S. The van der Waals surface area contributed by atoms with E-state index in [1.165, 1.54) is 42.5 Å². The highest BCUT2D eigenvalue weighted by Crippen LogP contribution is 2.29. The maximum Gasteiger partial charge on any atom is 0.247 e. The molecule has 1 aliphatic rings. The first-order valence-corrected chi connectivity index (χ1v) is 8.78. The highest BCUT2D eigenvalue weighted by molar-refractivity contribution is 8.01. The fraction of sp³-hybridized carbons (Fsp3) is 0.167. The minimum Gasteiger partial charge on any atom is -0.325 e. The number of rotatable bonds is 5. The summed E-state index contributed by atoms with van der Waals surface area (Å²) in [6.07, 6.45) is -0.0336. The van der Waals surface area contributed by atoms with Crippen LogP contribution in [0.3, 0.4) is 0 Å². The molecule has 0 aromatic heterocycles. The number of imide groups is 1. The second-order valence-corrected chi connectivity index (χ2v) is 6.80. The number of carbonyl (C=O) groups is 3. The van der Waals surface area contributed by atoms with Crippen molar-refractivity contribution in [1.82, 2.24) is 0 Å². The van der Waals surface area contributed by atoms with Gasteiger partial charge in [-0.1, -0.05) is 6.07 Å². The Labute approximate surface area is 152 Å². The average Bonchev–Trinajstić information content (AvgIpc) is 2.88. The first kappa shape index (κ1) is 18.1. The molecule has 5 nitrogen and oxygen atoms in total. The number of carbonyl (C=O) groups excluding carboxylic acids is 3. The fourth-order valence-electron chi connectivity index (χ4n) is 2.54. The van der Waals surface area contributed by atoms with Crippen LogP contribution in [0.25, 0.3) is 0 Å². The van der Waals surface area contributed by atoms with Crippen LogP contribution in [-0.2, 0) is 14.4 Å². The molecule has 8 heteroatoms. The molecule has 26 heavy (non-hydrogen) atoms. The first-order chi connectivity index (χ1) is 12.4. The second kappa shape index (κ2) is 7.65. The van der Waals surface area contributed by atoms with Gasteiger partial charge in [-0.3, -0.25) is 14.4 Å². The minimum absolute atomic E-state index is 0.0336. The van der Waals surface area contributed by atoms with Crippen LogP contribution in [-0.4, -0.2) is 28.7 Å². The van der Waals surface area contributed by atoms with Gasteiger partial charge in [0.15, 0.2) is 0 Å². The number of nitrogens with one attached hydrogen (secondary N) is 1. The molecule has 1 fully saturated rings. The van der Waals surface area contributed by atoms with E-state index in [1.807, 2.05) is 0 Å². The summed E-state index contributed by atoms with van der Waals surface area (Å²) in [6.45, 7) is 0. The summed E-state index contributed by atoms with van der Waals surface area (Å²) in [5, 5.41) is 1.84. The van der Waals surface area contributed by atoms with Crippen molar-refractivity contribution in [2.45, 2.75) is 11.7 Å². The van der Waals surface area contributed by atoms with Crippen molar-refractivity contribution < 1.29 is 23.2 Å². The molecule has 3 amide bonds. The predicted octanol–water partition coefficient (Wildman–Crippen LogP) is 2.97. The molecule has 3 rings (SSSR count). The number of halogens is 2. The number of thioether (sulfide) groups is 1. The van der Waals surface area contributed by atoms with Crippen LogP contribution in [0.2, 0.25) is 0 Å². The van der Waals surface area contributed by atoms with Gasteiger partial charge in [0.25, 0.3) is 0 Å². The zero-order valence-electron chi connectivity index (χ0n) is 13.4. The minimum atomic E-state index is -0.689. The molecule has 134 valence electrons. The maximum atomic E-state index is 13.1. The largest absolute Gasteiger partial charge is 0.325 e. The molecule has 1 atom stereocenters. The van der Waals surface area contributed by atoms with Gasteiger partial charge in [0.1, 0.15) is 11.6 Å². The molecule has 0 aliphatic carbocycles. The van der Waals surface area contributed by atoms with Crippen LogP contribution in [0, 0.1) is 11.6 Å². The normalized spacial score (nSPS) is 16.8. The second-order valence-electron chi connectivity index (χ2n) is 5.61. The lowest BCUT2D eigenvalue weighted by atomic mass is 10.3. The van der Waals surface area contributed by atoms with Crippen molar-refractivity contribution in [3.63, 3.8) is 0 Å². The van der Waals surface area contributed by atoms with E-state index in [4.69, 9.17) is 0 Å².